The zero-order valence-electron chi connectivity index (χ0n) is 12.1. The lowest BCUT2D eigenvalue weighted by atomic mass is 10.1. The van der Waals surface area contributed by atoms with Crippen LogP contribution in [0.15, 0.2) is 18.2 Å². The van der Waals surface area contributed by atoms with Gasteiger partial charge in [0.05, 0.1) is 18.3 Å². The van der Waals surface area contributed by atoms with Crippen LogP contribution < -0.4 is 5.32 Å². The van der Waals surface area contributed by atoms with Crippen LogP contribution in [-0.4, -0.2) is 23.3 Å². The predicted molar refractivity (Wildman–Crippen MR) is 74.6 cm³/mol. The summed E-state index contributed by atoms with van der Waals surface area (Å²) in [7, 11) is 0. The summed E-state index contributed by atoms with van der Waals surface area (Å²) >= 11 is 0. The largest absolute Gasteiger partial charge is 0.444 e. The molecule has 0 bridgehead atoms. The average molecular weight is 273 g/mol. The smallest absolute Gasteiger partial charge is 0.408 e. The molecule has 1 amide bonds. The van der Waals surface area contributed by atoms with Crippen LogP contribution in [0.2, 0.25) is 0 Å². The van der Waals surface area contributed by atoms with Crippen LogP contribution >= 0.6 is 0 Å². The van der Waals surface area contributed by atoms with Crippen molar-refractivity contribution in [2.24, 2.45) is 0 Å². The number of carbonyl (C=O) groups excluding carboxylic acids is 1. The number of nitriles is 1. The highest BCUT2D eigenvalue weighted by atomic mass is 16.6. The van der Waals surface area contributed by atoms with Gasteiger partial charge in [-0.2, -0.15) is 5.26 Å². The van der Waals surface area contributed by atoms with Gasteiger partial charge in [-0.1, -0.05) is 6.07 Å². The molecule has 0 saturated heterocycles. The standard InChI is InChI=1S/C15H19N3O2/c1-15(2,3)20-14(19)17-10-18-8-12-5-4-11(7-16)6-13(12)9-18/h4-6H,8-10H2,1-3H3,(H,17,19). The van der Waals surface area contributed by atoms with E-state index >= 15 is 0 Å². The fourth-order valence-corrected chi connectivity index (χ4v) is 2.14. The number of alkyl carbamates (subject to hydrolysis) is 1. The first-order chi connectivity index (χ1) is 9.37. The Morgan fingerprint density at radius 3 is 2.75 bits per heavy atom. The van der Waals surface area contributed by atoms with Gasteiger partial charge in [-0.15, -0.1) is 0 Å². The molecule has 0 radical (unpaired) electrons. The maximum absolute atomic E-state index is 11.6. The second kappa shape index (κ2) is 5.51. The van der Waals surface area contributed by atoms with Crippen molar-refractivity contribution < 1.29 is 9.53 Å². The van der Waals surface area contributed by atoms with Crippen LogP contribution in [0.4, 0.5) is 4.79 Å². The number of hydrogen-bond donors (Lipinski definition) is 1. The zero-order chi connectivity index (χ0) is 14.8. The van der Waals surface area contributed by atoms with Crippen molar-refractivity contribution >= 4 is 6.09 Å². The lowest BCUT2D eigenvalue weighted by Crippen LogP contribution is -2.38. The molecule has 1 aromatic carbocycles. The van der Waals surface area contributed by atoms with E-state index in [1.54, 1.807) is 0 Å². The summed E-state index contributed by atoms with van der Waals surface area (Å²) in [6.07, 6.45) is -0.411. The van der Waals surface area contributed by atoms with Gasteiger partial charge in [-0.25, -0.2) is 4.79 Å². The molecule has 0 fully saturated rings. The van der Waals surface area contributed by atoms with E-state index in [4.69, 9.17) is 10.00 Å². The Hall–Kier alpha value is -2.06. The molecule has 20 heavy (non-hydrogen) atoms. The number of benzene rings is 1. The predicted octanol–water partition coefficient (Wildman–Crippen LogP) is 2.36. The topological polar surface area (TPSA) is 65.4 Å². The highest BCUT2D eigenvalue weighted by Gasteiger charge is 2.21. The zero-order valence-corrected chi connectivity index (χ0v) is 12.1. The summed E-state index contributed by atoms with van der Waals surface area (Å²) in [5.74, 6) is 0. The monoisotopic (exact) mass is 273 g/mol. The third-order valence-electron chi connectivity index (χ3n) is 2.97. The molecule has 0 atom stereocenters. The fraction of sp³-hybridized carbons (Fsp3) is 0.467. The highest BCUT2D eigenvalue weighted by molar-refractivity contribution is 5.67. The van der Waals surface area contributed by atoms with E-state index in [0.29, 0.717) is 12.2 Å². The summed E-state index contributed by atoms with van der Waals surface area (Å²) in [6.45, 7) is 7.45. The first-order valence-electron chi connectivity index (χ1n) is 6.58. The normalized spacial score (nSPS) is 14.5. The van der Waals surface area contributed by atoms with Crippen molar-refractivity contribution in [3.8, 4) is 6.07 Å². The molecular formula is C15H19N3O2. The number of nitrogens with zero attached hydrogens (tertiary/aromatic N) is 2. The summed E-state index contributed by atoms with van der Waals surface area (Å²) < 4.78 is 5.19. The summed E-state index contributed by atoms with van der Waals surface area (Å²) in [6, 6.07) is 7.84. The fourth-order valence-electron chi connectivity index (χ4n) is 2.14. The van der Waals surface area contributed by atoms with Crippen molar-refractivity contribution in [2.45, 2.75) is 39.5 Å². The number of fused-ring (bicyclic) bond motifs is 1. The molecule has 1 N–H and O–H groups in total. The summed E-state index contributed by atoms with van der Waals surface area (Å²) in [5.41, 5.74) is 2.54. The Labute approximate surface area is 119 Å². The van der Waals surface area contributed by atoms with E-state index in [2.05, 4.69) is 16.3 Å². The molecule has 0 unspecified atom stereocenters. The van der Waals surface area contributed by atoms with Gasteiger partial charge < -0.3 is 10.1 Å². The van der Waals surface area contributed by atoms with Crippen molar-refractivity contribution in [3.05, 3.63) is 34.9 Å². The highest BCUT2D eigenvalue weighted by Crippen LogP contribution is 2.22. The van der Waals surface area contributed by atoms with Gasteiger partial charge in [0.1, 0.15) is 5.60 Å². The second-order valence-electron chi connectivity index (χ2n) is 5.92. The number of hydrogen-bond acceptors (Lipinski definition) is 4. The second-order valence-corrected chi connectivity index (χ2v) is 5.92. The Bertz CT molecular complexity index is 555. The molecule has 0 saturated carbocycles. The molecule has 0 aromatic heterocycles. The van der Waals surface area contributed by atoms with Crippen LogP contribution in [-0.2, 0) is 17.8 Å². The third kappa shape index (κ3) is 3.72. The van der Waals surface area contributed by atoms with Crippen molar-refractivity contribution in [1.29, 1.82) is 5.26 Å². The van der Waals surface area contributed by atoms with Gasteiger partial charge in [0.15, 0.2) is 0 Å². The van der Waals surface area contributed by atoms with Gasteiger partial charge in [0.25, 0.3) is 0 Å². The lowest BCUT2D eigenvalue weighted by molar-refractivity contribution is 0.0489. The lowest BCUT2D eigenvalue weighted by Gasteiger charge is -2.21. The minimum absolute atomic E-state index is 0.411. The molecule has 5 nitrogen and oxygen atoms in total. The summed E-state index contributed by atoms with van der Waals surface area (Å²) in [5, 5.41) is 11.6. The van der Waals surface area contributed by atoms with Gasteiger partial charge in [0, 0.05) is 13.1 Å². The molecule has 106 valence electrons. The molecule has 0 aliphatic carbocycles. The Morgan fingerprint density at radius 1 is 1.40 bits per heavy atom. The molecular weight excluding hydrogens is 254 g/mol. The average Bonchev–Trinajstić information content (AvgIpc) is 2.75. The molecule has 1 heterocycles. The van der Waals surface area contributed by atoms with Crippen LogP contribution in [0.5, 0.6) is 0 Å². The van der Waals surface area contributed by atoms with Crippen molar-refractivity contribution in [2.75, 3.05) is 6.67 Å². The minimum atomic E-state index is -0.486. The Kier molecular flexibility index (Phi) is 3.96. The number of rotatable bonds is 2. The quantitative estimate of drug-likeness (QED) is 0.898. The van der Waals surface area contributed by atoms with Crippen LogP contribution in [0, 0.1) is 11.3 Å². The number of carbonyl (C=O) groups is 1. The minimum Gasteiger partial charge on any atom is -0.444 e. The van der Waals surface area contributed by atoms with E-state index in [-0.39, 0.29) is 0 Å². The molecule has 2 rings (SSSR count). The number of amides is 1. The molecule has 1 aromatic rings. The molecule has 0 spiro atoms. The van der Waals surface area contributed by atoms with Gasteiger partial charge in [0.2, 0.25) is 0 Å². The first-order valence-corrected chi connectivity index (χ1v) is 6.58. The van der Waals surface area contributed by atoms with Crippen LogP contribution in [0.3, 0.4) is 0 Å². The van der Waals surface area contributed by atoms with E-state index in [1.165, 1.54) is 5.56 Å². The van der Waals surface area contributed by atoms with E-state index in [1.807, 2.05) is 39.0 Å². The molecule has 5 heteroatoms. The number of nitrogens with one attached hydrogen (secondary N) is 1. The maximum Gasteiger partial charge on any atom is 0.408 e. The van der Waals surface area contributed by atoms with Crippen LogP contribution in [0.1, 0.15) is 37.5 Å². The van der Waals surface area contributed by atoms with Gasteiger partial charge >= 0.3 is 6.09 Å². The maximum atomic E-state index is 11.6. The van der Waals surface area contributed by atoms with E-state index in [9.17, 15) is 4.79 Å². The van der Waals surface area contributed by atoms with Gasteiger partial charge in [-0.3, -0.25) is 4.90 Å². The molecule has 1 aliphatic heterocycles. The third-order valence-corrected chi connectivity index (χ3v) is 2.97. The van der Waals surface area contributed by atoms with Crippen molar-refractivity contribution in [3.63, 3.8) is 0 Å². The van der Waals surface area contributed by atoms with Gasteiger partial charge in [-0.05, 0) is 44.0 Å². The van der Waals surface area contributed by atoms with E-state index in [0.717, 1.165) is 18.7 Å². The Morgan fingerprint density at radius 2 is 2.10 bits per heavy atom. The Balaban J connectivity index is 1.86. The number of ether oxygens (including phenoxy) is 1. The SMILES string of the molecule is CC(C)(C)OC(=O)NCN1Cc2ccc(C#N)cc2C1. The van der Waals surface area contributed by atoms with E-state index < -0.39 is 11.7 Å². The van der Waals surface area contributed by atoms with Crippen molar-refractivity contribution in [1.82, 2.24) is 10.2 Å². The first kappa shape index (κ1) is 14.4. The van der Waals surface area contributed by atoms with Crippen LogP contribution in [0.25, 0.3) is 0 Å². The molecule has 1 aliphatic rings. The summed E-state index contributed by atoms with van der Waals surface area (Å²) in [4.78, 5) is 13.7.